The maximum absolute atomic E-state index is 11.5. The third-order valence-electron chi connectivity index (χ3n) is 2.09. The van der Waals surface area contributed by atoms with E-state index in [9.17, 15) is 4.79 Å². The summed E-state index contributed by atoms with van der Waals surface area (Å²) >= 11 is 0. The standard InChI is InChI=1S/C9H17NO3/c1-7(12)6-10(4-5-11)9(13)8-2-3-8/h7-8,11-12H,2-6H2,1H3. The first-order chi connectivity index (χ1) is 6.15. The summed E-state index contributed by atoms with van der Waals surface area (Å²) in [6, 6.07) is 0. The molecule has 1 saturated carbocycles. The SMILES string of the molecule is CC(O)CN(CCO)C(=O)C1CC1. The molecular weight excluding hydrogens is 170 g/mol. The molecule has 4 heteroatoms. The van der Waals surface area contributed by atoms with Crippen molar-refractivity contribution in [3.8, 4) is 0 Å². The molecule has 0 saturated heterocycles. The molecule has 1 fully saturated rings. The summed E-state index contributed by atoms with van der Waals surface area (Å²) in [6.45, 7) is 2.27. The number of hydrogen-bond acceptors (Lipinski definition) is 3. The topological polar surface area (TPSA) is 60.8 Å². The summed E-state index contributed by atoms with van der Waals surface area (Å²) in [5, 5.41) is 17.9. The summed E-state index contributed by atoms with van der Waals surface area (Å²) < 4.78 is 0. The Balaban J connectivity index is 2.39. The molecule has 0 heterocycles. The van der Waals surface area contributed by atoms with Gasteiger partial charge in [-0.1, -0.05) is 0 Å². The van der Waals surface area contributed by atoms with Crippen LogP contribution in [0.3, 0.4) is 0 Å². The van der Waals surface area contributed by atoms with Gasteiger partial charge in [0.25, 0.3) is 0 Å². The lowest BCUT2D eigenvalue weighted by atomic mass is 10.3. The van der Waals surface area contributed by atoms with Crippen LogP contribution in [0.5, 0.6) is 0 Å². The summed E-state index contributed by atoms with van der Waals surface area (Å²) in [6.07, 6.45) is 1.40. The van der Waals surface area contributed by atoms with E-state index >= 15 is 0 Å². The van der Waals surface area contributed by atoms with E-state index in [1.165, 1.54) is 0 Å². The van der Waals surface area contributed by atoms with Crippen LogP contribution in [-0.2, 0) is 4.79 Å². The lowest BCUT2D eigenvalue weighted by molar-refractivity contribution is -0.134. The Labute approximate surface area is 78.2 Å². The molecular formula is C9H17NO3. The summed E-state index contributed by atoms with van der Waals surface area (Å²) in [5.41, 5.74) is 0. The zero-order chi connectivity index (χ0) is 9.84. The molecule has 1 unspecified atom stereocenters. The predicted octanol–water partition coefficient (Wildman–Crippen LogP) is -0.402. The minimum absolute atomic E-state index is 0.0365. The maximum Gasteiger partial charge on any atom is 0.225 e. The molecule has 13 heavy (non-hydrogen) atoms. The van der Waals surface area contributed by atoms with Crippen LogP contribution in [-0.4, -0.2) is 46.8 Å². The Hall–Kier alpha value is -0.610. The van der Waals surface area contributed by atoms with Crippen molar-refractivity contribution in [2.45, 2.75) is 25.9 Å². The number of nitrogens with zero attached hydrogens (tertiary/aromatic N) is 1. The number of carbonyl (C=O) groups excluding carboxylic acids is 1. The molecule has 1 aliphatic carbocycles. The highest BCUT2D eigenvalue weighted by Gasteiger charge is 2.33. The van der Waals surface area contributed by atoms with Crippen molar-refractivity contribution >= 4 is 5.91 Å². The van der Waals surface area contributed by atoms with E-state index in [-0.39, 0.29) is 18.4 Å². The van der Waals surface area contributed by atoms with Gasteiger partial charge in [-0.05, 0) is 19.8 Å². The van der Waals surface area contributed by atoms with Gasteiger partial charge in [0.05, 0.1) is 12.7 Å². The van der Waals surface area contributed by atoms with Gasteiger partial charge in [-0.15, -0.1) is 0 Å². The summed E-state index contributed by atoms with van der Waals surface area (Å²) in [7, 11) is 0. The van der Waals surface area contributed by atoms with Crippen molar-refractivity contribution in [2.24, 2.45) is 5.92 Å². The maximum atomic E-state index is 11.5. The van der Waals surface area contributed by atoms with Gasteiger partial charge >= 0.3 is 0 Å². The fraction of sp³-hybridized carbons (Fsp3) is 0.889. The normalized spacial score (nSPS) is 18.4. The van der Waals surface area contributed by atoms with E-state index in [1.807, 2.05) is 0 Å². The Kier molecular flexibility index (Phi) is 3.69. The highest BCUT2D eigenvalue weighted by atomic mass is 16.3. The molecule has 1 aliphatic rings. The first kappa shape index (κ1) is 10.5. The first-order valence-electron chi connectivity index (χ1n) is 4.73. The van der Waals surface area contributed by atoms with Crippen LogP contribution in [0.25, 0.3) is 0 Å². The van der Waals surface area contributed by atoms with Crippen molar-refractivity contribution in [3.63, 3.8) is 0 Å². The Morgan fingerprint density at radius 1 is 1.62 bits per heavy atom. The molecule has 0 aromatic heterocycles. The lowest BCUT2D eigenvalue weighted by Crippen LogP contribution is -2.39. The highest BCUT2D eigenvalue weighted by molar-refractivity contribution is 5.81. The second-order valence-corrected chi connectivity index (χ2v) is 3.63. The molecule has 0 aromatic rings. The van der Waals surface area contributed by atoms with E-state index in [2.05, 4.69) is 0 Å². The van der Waals surface area contributed by atoms with Crippen LogP contribution < -0.4 is 0 Å². The molecule has 76 valence electrons. The van der Waals surface area contributed by atoms with Crippen molar-refractivity contribution < 1.29 is 15.0 Å². The third kappa shape index (κ3) is 3.32. The smallest absolute Gasteiger partial charge is 0.225 e. The van der Waals surface area contributed by atoms with Gasteiger partial charge in [-0.2, -0.15) is 0 Å². The molecule has 0 radical (unpaired) electrons. The van der Waals surface area contributed by atoms with Crippen molar-refractivity contribution in [1.29, 1.82) is 0 Å². The Morgan fingerprint density at radius 3 is 2.62 bits per heavy atom. The van der Waals surface area contributed by atoms with Gasteiger partial charge < -0.3 is 15.1 Å². The van der Waals surface area contributed by atoms with Crippen LogP contribution in [0.4, 0.5) is 0 Å². The zero-order valence-corrected chi connectivity index (χ0v) is 7.94. The average molecular weight is 187 g/mol. The fourth-order valence-electron chi connectivity index (χ4n) is 1.32. The van der Waals surface area contributed by atoms with Crippen molar-refractivity contribution in [1.82, 2.24) is 4.90 Å². The van der Waals surface area contributed by atoms with Crippen molar-refractivity contribution in [2.75, 3.05) is 19.7 Å². The van der Waals surface area contributed by atoms with Gasteiger partial charge in [0.1, 0.15) is 0 Å². The molecule has 0 bridgehead atoms. The van der Waals surface area contributed by atoms with Crippen LogP contribution in [0, 0.1) is 5.92 Å². The van der Waals surface area contributed by atoms with Gasteiger partial charge in [0.2, 0.25) is 5.91 Å². The quantitative estimate of drug-likeness (QED) is 0.615. The number of amides is 1. The first-order valence-corrected chi connectivity index (χ1v) is 4.73. The van der Waals surface area contributed by atoms with E-state index < -0.39 is 6.10 Å². The second kappa shape index (κ2) is 4.58. The largest absolute Gasteiger partial charge is 0.395 e. The van der Waals surface area contributed by atoms with E-state index in [1.54, 1.807) is 11.8 Å². The Bertz CT molecular complexity index is 178. The molecule has 0 spiro atoms. The van der Waals surface area contributed by atoms with Gasteiger partial charge in [0.15, 0.2) is 0 Å². The molecule has 0 aliphatic heterocycles. The Morgan fingerprint density at radius 2 is 2.23 bits per heavy atom. The minimum Gasteiger partial charge on any atom is -0.395 e. The number of rotatable bonds is 5. The number of aliphatic hydroxyl groups excluding tert-OH is 2. The fourth-order valence-corrected chi connectivity index (χ4v) is 1.32. The molecule has 4 nitrogen and oxygen atoms in total. The monoisotopic (exact) mass is 187 g/mol. The van der Waals surface area contributed by atoms with Gasteiger partial charge in [0, 0.05) is 19.0 Å². The summed E-state index contributed by atoms with van der Waals surface area (Å²) in [5.74, 6) is 0.236. The lowest BCUT2D eigenvalue weighted by Gasteiger charge is -2.22. The number of carbonyl (C=O) groups is 1. The second-order valence-electron chi connectivity index (χ2n) is 3.63. The van der Waals surface area contributed by atoms with Crippen LogP contribution in [0.15, 0.2) is 0 Å². The van der Waals surface area contributed by atoms with Crippen LogP contribution >= 0.6 is 0 Å². The van der Waals surface area contributed by atoms with E-state index in [0.717, 1.165) is 12.8 Å². The highest BCUT2D eigenvalue weighted by Crippen LogP contribution is 2.30. The summed E-state index contributed by atoms with van der Waals surface area (Å²) in [4.78, 5) is 13.1. The number of hydrogen-bond donors (Lipinski definition) is 2. The molecule has 1 atom stereocenters. The van der Waals surface area contributed by atoms with E-state index in [4.69, 9.17) is 10.2 Å². The molecule has 1 rings (SSSR count). The number of aliphatic hydroxyl groups is 2. The van der Waals surface area contributed by atoms with Crippen LogP contribution in [0.2, 0.25) is 0 Å². The molecule has 0 aromatic carbocycles. The third-order valence-corrected chi connectivity index (χ3v) is 2.09. The van der Waals surface area contributed by atoms with Gasteiger partial charge in [-0.25, -0.2) is 0 Å². The van der Waals surface area contributed by atoms with Crippen molar-refractivity contribution in [3.05, 3.63) is 0 Å². The average Bonchev–Trinajstić information content (AvgIpc) is 2.84. The van der Waals surface area contributed by atoms with Crippen LogP contribution in [0.1, 0.15) is 19.8 Å². The van der Waals surface area contributed by atoms with Gasteiger partial charge in [-0.3, -0.25) is 4.79 Å². The van der Waals surface area contributed by atoms with E-state index in [0.29, 0.717) is 13.1 Å². The molecule has 2 N–H and O–H groups in total. The zero-order valence-electron chi connectivity index (χ0n) is 7.94. The predicted molar refractivity (Wildman–Crippen MR) is 48.1 cm³/mol. The minimum atomic E-state index is -0.519. The molecule has 1 amide bonds.